The van der Waals surface area contributed by atoms with E-state index in [1.54, 1.807) is 0 Å². The summed E-state index contributed by atoms with van der Waals surface area (Å²) in [6.45, 7) is 3.81. The molecule has 2 rings (SSSR count). The van der Waals surface area contributed by atoms with Gasteiger partial charge in [0, 0.05) is 5.69 Å². The lowest BCUT2D eigenvalue weighted by Crippen LogP contribution is -1.86. The summed E-state index contributed by atoms with van der Waals surface area (Å²) in [5, 5.41) is 0. The number of nitrogens with two attached hydrogens (primary N) is 1. The highest BCUT2D eigenvalue weighted by atomic mass is 14.5. The Labute approximate surface area is 89.9 Å². The Morgan fingerprint density at radius 1 is 1.00 bits per heavy atom. The summed E-state index contributed by atoms with van der Waals surface area (Å²) in [5.41, 5.74) is 9.97. The second kappa shape index (κ2) is 4.01. The SMILES string of the molecule is C=Cc1ccccc1-c1cccc(N)c1. The predicted octanol–water partition coefficient (Wildman–Crippen LogP) is 3.58. The van der Waals surface area contributed by atoms with Crippen LogP contribution in [0.15, 0.2) is 55.1 Å². The number of rotatable bonds is 2. The van der Waals surface area contributed by atoms with Gasteiger partial charge in [0.1, 0.15) is 0 Å². The van der Waals surface area contributed by atoms with Crippen LogP contribution in [0.4, 0.5) is 5.69 Å². The first-order chi connectivity index (χ1) is 7.31. The van der Waals surface area contributed by atoms with Crippen LogP contribution in [-0.4, -0.2) is 0 Å². The van der Waals surface area contributed by atoms with E-state index in [-0.39, 0.29) is 0 Å². The minimum absolute atomic E-state index is 0.784. The molecule has 0 aliphatic carbocycles. The Kier molecular flexibility index (Phi) is 2.55. The van der Waals surface area contributed by atoms with E-state index in [9.17, 15) is 0 Å². The molecule has 0 aliphatic heterocycles. The quantitative estimate of drug-likeness (QED) is 0.728. The highest BCUT2D eigenvalue weighted by molar-refractivity contribution is 5.76. The number of nitrogen functional groups attached to an aromatic ring is 1. The van der Waals surface area contributed by atoms with Crippen LogP contribution in [-0.2, 0) is 0 Å². The van der Waals surface area contributed by atoms with Gasteiger partial charge in [0.2, 0.25) is 0 Å². The molecule has 1 heteroatoms. The fourth-order valence-corrected chi connectivity index (χ4v) is 1.64. The summed E-state index contributed by atoms with van der Waals surface area (Å²) in [5.74, 6) is 0. The van der Waals surface area contributed by atoms with Crippen molar-refractivity contribution >= 4 is 11.8 Å². The molecular weight excluding hydrogens is 182 g/mol. The zero-order valence-electron chi connectivity index (χ0n) is 8.48. The van der Waals surface area contributed by atoms with E-state index in [0.717, 1.165) is 16.8 Å². The minimum Gasteiger partial charge on any atom is -0.399 e. The molecule has 0 amide bonds. The highest BCUT2D eigenvalue weighted by Crippen LogP contribution is 2.25. The maximum absolute atomic E-state index is 5.76. The van der Waals surface area contributed by atoms with E-state index >= 15 is 0 Å². The smallest absolute Gasteiger partial charge is 0.0320 e. The molecule has 15 heavy (non-hydrogen) atoms. The summed E-state index contributed by atoms with van der Waals surface area (Å²) < 4.78 is 0. The summed E-state index contributed by atoms with van der Waals surface area (Å²) in [6, 6.07) is 16.0. The van der Waals surface area contributed by atoms with Crippen molar-refractivity contribution < 1.29 is 0 Å². The first-order valence-corrected chi connectivity index (χ1v) is 4.88. The van der Waals surface area contributed by atoms with E-state index in [1.807, 2.05) is 42.5 Å². The molecule has 1 nitrogen and oxygen atoms in total. The molecule has 0 heterocycles. The van der Waals surface area contributed by atoms with Crippen molar-refractivity contribution in [3.8, 4) is 11.1 Å². The van der Waals surface area contributed by atoms with Crippen molar-refractivity contribution in [2.45, 2.75) is 0 Å². The Morgan fingerprint density at radius 3 is 2.53 bits per heavy atom. The van der Waals surface area contributed by atoms with Crippen LogP contribution in [0.25, 0.3) is 17.2 Å². The van der Waals surface area contributed by atoms with E-state index in [4.69, 9.17) is 5.73 Å². The van der Waals surface area contributed by atoms with Gasteiger partial charge in [-0.25, -0.2) is 0 Å². The van der Waals surface area contributed by atoms with Gasteiger partial charge >= 0.3 is 0 Å². The molecule has 0 unspecified atom stereocenters. The van der Waals surface area contributed by atoms with Gasteiger partial charge in [-0.15, -0.1) is 0 Å². The van der Waals surface area contributed by atoms with Gasteiger partial charge < -0.3 is 5.73 Å². The average molecular weight is 195 g/mol. The highest BCUT2D eigenvalue weighted by Gasteiger charge is 2.01. The lowest BCUT2D eigenvalue weighted by atomic mass is 9.99. The normalized spacial score (nSPS) is 9.87. The molecule has 2 aromatic carbocycles. The van der Waals surface area contributed by atoms with Gasteiger partial charge in [0.25, 0.3) is 0 Å². The maximum atomic E-state index is 5.76. The molecule has 0 radical (unpaired) electrons. The standard InChI is InChI=1S/C14H13N/c1-2-11-6-3-4-9-14(11)12-7-5-8-13(15)10-12/h2-10H,1,15H2. The Hall–Kier alpha value is -2.02. The van der Waals surface area contributed by atoms with Crippen LogP contribution in [0, 0.1) is 0 Å². The zero-order chi connectivity index (χ0) is 10.7. The molecule has 0 saturated heterocycles. The third-order valence-corrected chi connectivity index (χ3v) is 2.38. The fraction of sp³-hybridized carbons (Fsp3) is 0. The minimum atomic E-state index is 0.784. The number of hydrogen-bond donors (Lipinski definition) is 1. The molecule has 2 aromatic rings. The molecule has 74 valence electrons. The van der Waals surface area contributed by atoms with Crippen LogP contribution in [0.3, 0.4) is 0 Å². The summed E-state index contributed by atoms with van der Waals surface area (Å²) in [7, 11) is 0. The van der Waals surface area contributed by atoms with E-state index in [0.29, 0.717) is 0 Å². The van der Waals surface area contributed by atoms with Gasteiger partial charge in [0.15, 0.2) is 0 Å². The molecule has 0 aliphatic rings. The van der Waals surface area contributed by atoms with E-state index in [2.05, 4.69) is 18.7 Å². The molecule has 0 atom stereocenters. The molecule has 0 aromatic heterocycles. The monoisotopic (exact) mass is 195 g/mol. The van der Waals surface area contributed by atoms with Gasteiger partial charge in [-0.1, -0.05) is 49.1 Å². The molecule has 0 saturated carbocycles. The van der Waals surface area contributed by atoms with Gasteiger partial charge in [-0.3, -0.25) is 0 Å². The summed E-state index contributed by atoms with van der Waals surface area (Å²) >= 11 is 0. The fourth-order valence-electron chi connectivity index (χ4n) is 1.64. The number of anilines is 1. The maximum Gasteiger partial charge on any atom is 0.0320 e. The first-order valence-electron chi connectivity index (χ1n) is 4.88. The number of hydrogen-bond acceptors (Lipinski definition) is 1. The predicted molar refractivity (Wildman–Crippen MR) is 66.4 cm³/mol. The van der Waals surface area contributed by atoms with Crippen LogP contribution in [0.5, 0.6) is 0 Å². The molecule has 0 spiro atoms. The van der Waals surface area contributed by atoms with Gasteiger partial charge in [-0.2, -0.15) is 0 Å². The van der Waals surface area contributed by atoms with Crippen molar-refractivity contribution in [1.29, 1.82) is 0 Å². The second-order valence-electron chi connectivity index (χ2n) is 3.42. The van der Waals surface area contributed by atoms with Crippen molar-refractivity contribution in [2.75, 3.05) is 5.73 Å². The summed E-state index contributed by atoms with van der Waals surface area (Å²) in [6.07, 6.45) is 1.86. The Balaban J connectivity index is 2.58. The Bertz CT molecular complexity index is 486. The molecule has 0 bridgehead atoms. The van der Waals surface area contributed by atoms with Gasteiger partial charge in [0.05, 0.1) is 0 Å². The molecule has 2 N–H and O–H groups in total. The van der Waals surface area contributed by atoms with E-state index < -0.39 is 0 Å². The topological polar surface area (TPSA) is 26.0 Å². The van der Waals surface area contributed by atoms with Crippen LogP contribution >= 0.6 is 0 Å². The Morgan fingerprint density at radius 2 is 1.80 bits per heavy atom. The number of benzene rings is 2. The van der Waals surface area contributed by atoms with Crippen molar-refractivity contribution in [2.24, 2.45) is 0 Å². The summed E-state index contributed by atoms with van der Waals surface area (Å²) in [4.78, 5) is 0. The largest absolute Gasteiger partial charge is 0.399 e. The zero-order valence-corrected chi connectivity index (χ0v) is 8.48. The third kappa shape index (κ3) is 1.91. The first kappa shape index (κ1) is 9.53. The van der Waals surface area contributed by atoms with Crippen LogP contribution < -0.4 is 5.73 Å². The second-order valence-corrected chi connectivity index (χ2v) is 3.42. The van der Waals surface area contributed by atoms with Crippen molar-refractivity contribution in [3.63, 3.8) is 0 Å². The van der Waals surface area contributed by atoms with E-state index in [1.165, 1.54) is 5.56 Å². The van der Waals surface area contributed by atoms with Crippen molar-refractivity contribution in [1.82, 2.24) is 0 Å². The lowest BCUT2D eigenvalue weighted by molar-refractivity contribution is 1.59. The molecule has 0 fully saturated rings. The third-order valence-electron chi connectivity index (χ3n) is 2.38. The lowest BCUT2D eigenvalue weighted by Gasteiger charge is -2.06. The van der Waals surface area contributed by atoms with Crippen LogP contribution in [0.1, 0.15) is 5.56 Å². The molecular formula is C14H13N. The average Bonchev–Trinajstić information content (AvgIpc) is 2.29. The van der Waals surface area contributed by atoms with Gasteiger partial charge in [-0.05, 0) is 28.8 Å². The van der Waals surface area contributed by atoms with Crippen LogP contribution in [0.2, 0.25) is 0 Å². The van der Waals surface area contributed by atoms with Crippen molar-refractivity contribution in [3.05, 3.63) is 60.7 Å².